The van der Waals surface area contributed by atoms with Gasteiger partial charge in [0.25, 0.3) is 0 Å². The smallest absolute Gasteiger partial charge is 0.190 e. The number of nitrogens with two attached hydrogens (primary N) is 1. The van der Waals surface area contributed by atoms with Crippen molar-refractivity contribution in [2.45, 2.75) is 13.3 Å². The second kappa shape index (κ2) is 4.41. The molecular weight excluding hydrogens is 178 g/mol. The maximum atomic E-state index is 11.5. The number of rotatable bonds is 3. The molecule has 0 heterocycles. The summed E-state index contributed by atoms with van der Waals surface area (Å²) in [6, 6.07) is 7.02. The van der Waals surface area contributed by atoms with Gasteiger partial charge in [0, 0.05) is 12.0 Å². The fourth-order valence-electron chi connectivity index (χ4n) is 1.17. The summed E-state index contributed by atoms with van der Waals surface area (Å²) in [4.78, 5) is 11.5. The zero-order chi connectivity index (χ0) is 10.6. The molecule has 0 radical (unpaired) electrons. The Bertz CT molecular complexity index is 360. The van der Waals surface area contributed by atoms with Gasteiger partial charge in [0.05, 0.1) is 5.69 Å². The molecule has 1 aromatic rings. The standard InChI is InChI=1S/C10H13N3O/c1-2-9(14)7-5-3-4-6-8(7)13-10(11)12/h3-6H,2H2,1H3,(H4,11,12,13). The van der Waals surface area contributed by atoms with E-state index >= 15 is 0 Å². The van der Waals surface area contributed by atoms with Gasteiger partial charge in [0.2, 0.25) is 0 Å². The first kappa shape index (κ1) is 10.2. The lowest BCUT2D eigenvalue weighted by molar-refractivity contribution is 0.0989. The number of nitrogens with one attached hydrogen (secondary N) is 2. The molecule has 4 heteroatoms. The number of guanidine groups is 1. The molecule has 74 valence electrons. The number of ketones is 1. The molecule has 0 spiro atoms. The average Bonchev–Trinajstić information content (AvgIpc) is 2.16. The monoisotopic (exact) mass is 191 g/mol. The van der Waals surface area contributed by atoms with Gasteiger partial charge >= 0.3 is 0 Å². The van der Waals surface area contributed by atoms with E-state index in [-0.39, 0.29) is 11.7 Å². The minimum absolute atomic E-state index is 0.0364. The Balaban J connectivity index is 3.02. The van der Waals surface area contributed by atoms with Crippen molar-refractivity contribution in [1.29, 1.82) is 5.41 Å². The molecule has 4 nitrogen and oxygen atoms in total. The highest BCUT2D eigenvalue weighted by Crippen LogP contribution is 2.16. The van der Waals surface area contributed by atoms with Crippen LogP contribution in [0, 0.1) is 5.41 Å². The van der Waals surface area contributed by atoms with E-state index in [0.29, 0.717) is 17.7 Å². The Kier molecular flexibility index (Phi) is 3.23. The van der Waals surface area contributed by atoms with E-state index in [1.165, 1.54) is 0 Å². The quantitative estimate of drug-likeness (QED) is 0.385. The number of anilines is 1. The highest BCUT2D eigenvalue weighted by atomic mass is 16.1. The number of carbonyl (C=O) groups excluding carboxylic acids is 1. The zero-order valence-electron chi connectivity index (χ0n) is 8.00. The van der Waals surface area contributed by atoms with Crippen LogP contribution in [0.2, 0.25) is 0 Å². The van der Waals surface area contributed by atoms with E-state index in [1.807, 2.05) is 0 Å². The Labute approximate surface area is 82.6 Å². The van der Waals surface area contributed by atoms with E-state index in [9.17, 15) is 4.79 Å². The molecule has 1 aromatic carbocycles. The summed E-state index contributed by atoms with van der Waals surface area (Å²) in [5.41, 5.74) is 6.36. The van der Waals surface area contributed by atoms with Crippen molar-refractivity contribution in [2.75, 3.05) is 5.32 Å². The van der Waals surface area contributed by atoms with Crippen molar-refractivity contribution in [3.05, 3.63) is 29.8 Å². The summed E-state index contributed by atoms with van der Waals surface area (Å²) >= 11 is 0. The predicted molar refractivity (Wildman–Crippen MR) is 56.6 cm³/mol. The normalized spacial score (nSPS) is 9.50. The van der Waals surface area contributed by atoms with Gasteiger partial charge in [-0.3, -0.25) is 10.2 Å². The van der Waals surface area contributed by atoms with Gasteiger partial charge in [-0.1, -0.05) is 19.1 Å². The molecular formula is C10H13N3O. The van der Waals surface area contributed by atoms with Gasteiger partial charge in [0.1, 0.15) is 0 Å². The van der Waals surface area contributed by atoms with Crippen LogP contribution in [0.15, 0.2) is 24.3 Å². The first-order chi connectivity index (χ1) is 6.65. The third-order valence-electron chi connectivity index (χ3n) is 1.82. The lowest BCUT2D eigenvalue weighted by Crippen LogP contribution is -2.21. The summed E-state index contributed by atoms with van der Waals surface area (Å²) in [6.45, 7) is 1.80. The molecule has 0 bridgehead atoms. The SMILES string of the molecule is CCC(=O)c1ccccc1NC(=N)N. The maximum absolute atomic E-state index is 11.5. The third-order valence-corrected chi connectivity index (χ3v) is 1.82. The minimum Gasteiger partial charge on any atom is -0.370 e. The minimum atomic E-state index is -0.165. The highest BCUT2D eigenvalue weighted by Gasteiger charge is 2.08. The topological polar surface area (TPSA) is 79.0 Å². The van der Waals surface area contributed by atoms with E-state index in [2.05, 4.69) is 5.32 Å². The lowest BCUT2D eigenvalue weighted by atomic mass is 10.1. The van der Waals surface area contributed by atoms with Crippen LogP contribution in [0.5, 0.6) is 0 Å². The van der Waals surface area contributed by atoms with Crippen LogP contribution in [-0.4, -0.2) is 11.7 Å². The van der Waals surface area contributed by atoms with Gasteiger partial charge in [0.15, 0.2) is 11.7 Å². The van der Waals surface area contributed by atoms with Crippen molar-refractivity contribution in [2.24, 2.45) is 5.73 Å². The molecule has 4 N–H and O–H groups in total. The van der Waals surface area contributed by atoms with Crippen molar-refractivity contribution < 1.29 is 4.79 Å². The molecule has 0 saturated heterocycles. The van der Waals surface area contributed by atoms with Crippen LogP contribution in [0.1, 0.15) is 23.7 Å². The van der Waals surface area contributed by atoms with E-state index < -0.39 is 0 Å². The third kappa shape index (κ3) is 2.32. The van der Waals surface area contributed by atoms with E-state index in [0.717, 1.165) is 0 Å². The summed E-state index contributed by atoms with van der Waals surface area (Å²) in [5, 5.41) is 9.71. The molecule has 14 heavy (non-hydrogen) atoms. The van der Waals surface area contributed by atoms with Gasteiger partial charge in [-0.05, 0) is 12.1 Å². The molecule has 0 aliphatic carbocycles. The molecule has 0 aliphatic heterocycles. The van der Waals surface area contributed by atoms with Crippen LogP contribution in [0.3, 0.4) is 0 Å². The summed E-state index contributed by atoms with van der Waals surface area (Å²) in [7, 11) is 0. The largest absolute Gasteiger partial charge is 0.370 e. The van der Waals surface area contributed by atoms with E-state index in [1.54, 1.807) is 31.2 Å². The Morgan fingerprint density at radius 2 is 2.14 bits per heavy atom. The molecule has 0 atom stereocenters. The van der Waals surface area contributed by atoms with Crippen LogP contribution >= 0.6 is 0 Å². The molecule has 0 unspecified atom stereocenters. The predicted octanol–water partition coefficient (Wildman–Crippen LogP) is 1.58. The molecule has 0 saturated carbocycles. The first-order valence-electron chi connectivity index (χ1n) is 4.38. The van der Waals surface area contributed by atoms with Gasteiger partial charge in [-0.2, -0.15) is 0 Å². The molecule has 0 fully saturated rings. The highest BCUT2D eigenvalue weighted by molar-refractivity contribution is 6.04. The molecule has 0 aliphatic rings. The van der Waals surface area contributed by atoms with Crippen LogP contribution in [-0.2, 0) is 0 Å². The second-order valence-electron chi connectivity index (χ2n) is 2.86. The van der Waals surface area contributed by atoms with Crippen molar-refractivity contribution >= 4 is 17.4 Å². The number of carbonyl (C=O) groups is 1. The number of para-hydroxylation sites is 1. The summed E-state index contributed by atoms with van der Waals surface area (Å²) in [5.74, 6) is -0.129. The second-order valence-corrected chi connectivity index (χ2v) is 2.86. The lowest BCUT2D eigenvalue weighted by Gasteiger charge is -2.08. The van der Waals surface area contributed by atoms with Crippen LogP contribution in [0.25, 0.3) is 0 Å². The number of hydrogen-bond donors (Lipinski definition) is 3. The maximum Gasteiger partial charge on any atom is 0.190 e. The molecule has 1 rings (SSSR count). The van der Waals surface area contributed by atoms with Gasteiger partial charge < -0.3 is 11.1 Å². The molecule has 0 amide bonds. The first-order valence-corrected chi connectivity index (χ1v) is 4.38. The Morgan fingerprint density at radius 1 is 1.50 bits per heavy atom. The Morgan fingerprint density at radius 3 is 2.71 bits per heavy atom. The average molecular weight is 191 g/mol. The summed E-state index contributed by atoms with van der Waals surface area (Å²) < 4.78 is 0. The van der Waals surface area contributed by atoms with Crippen LogP contribution < -0.4 is 11.1 Å². The van der Waals surface area contributed by atoms with E-state index in [4.69, 9.17) is 11.1 Å². The summed E-state index contributed by atoms with van der Waals surface area (Å²) in [6.07, 6.45) is 0.441. The number of benzene rings is 1. The van der Waals surface area contributed by atoms with Gasteiger partial charge in [-0.25, -0.2) is 0 Å². The van der Waals surface area contributed by atoms with Gasteiger partial charge in [-0.15, -0.1) is 0 Å². The Hall–Kier alpha value is -1.84. The van der Waals surface area contributed by atoms with Crippen molar-refractivity contribution in [3.63, 3.8) is 0 Å². The fourth-order valence-corrected chi connectivity index (χ4v) is 1.17. The van der Waals surface area contributed by atoms with Crippen molar-refractivity contribution in [3.8, 4) is 0 Å². The fraction of sp³-hybridized carbons (Fsp3) is 0.200. The molecule has 0 aromatic heterocycles. The van der Waals surface area contributed by atoms with Crippen LogP contribution in [0.4, 0.5) is 5.69 Å². The zero-order valence-corrected chi connectivity index (χ0v) is 8.00. The van der Waals surface area contributed by atoms with Crippen molar-refractivity contribution in [1.82, 2.24) is 0 Å². The number of hydrogen-bond acceptors (Lipinski definition) is 2. The number of Topliss-reactive ketones (excluding diaryl/α,β-unsaturated/α-hetero) is 1.